The van der Waals surface area contributed by atoms with Crippen LogP contribution in [0.25, 0.3) is 0 Å². The molecule has 0 aliphatic carbocycles. The van der Waals surface area contributed by atoms with Gasteiger partial charge in [-0.3, -0.25) is 9.59 Å². The molecule has 0 spiro atoms. The van der Waals surface area contributed by atoms with E-state index in [4.69, 9.17) is 14.2 Å². The van der Waals surface area contributed by atoms with Crippen LogP contribution in [0.4, 0.5) is 5.69 Å². The number of carbonyl (C=O) groups is 2. The Labute approximate surface area is 165 Å². The highest BCUT2D eigenvalue weighted by molar-refractivity contribution is 6.09. The smallest absolute Gasteiger partial charge is 0.255 e. The highest BCUT2D eigenvalue weighted by Gasteiger charge is 2.19. The van der Waals surface area contributed by atoms with Gasteiger partial charge in [-0.25, -0.2) is 0 Å². The van der Waals surface area contributed by atoms with E-state index in [1.165, 1.54) is 21.3 Å². The van der Waals surface area contributed by atoms with Crippen molar-refractivity contribution in [2.45, 2.75) is 26.3 Å². The first-order valence-electron chi connectivity index (χ1n) is 8.96. The quantitative estimate of drug-likeness (QED) is 0.725. The summed E-state index contributed by atoms with van der Waals surface area (Å²) in [6.07, 6.45) is 0.811. The van der Waals surface area contributed by atoms with Crippen molar-refractivity contribution >= 4 is 17.5 Å². The first-order valence-corrected chi connectivity index (χ1v) is 8.96. The second kappa shape index (κ2) is 9.64. The molecular weight excluding hydrogens is 360 g/mol. The van der Waals surface area contributed by atoms with Crippen LogP contribution in [0.3, 0.4) is 0 Å². The molecule has 1 unspecified atom stereocenters. The lowest BCUT2D eigenvalue weighted by atomic mass is 10.1. The Morgan fingerprint density at radius 1 is 0.964 bits per heavy atom. The number of anilines is 1. The molecule has 0 aromatic heterocycles. The summed E-state index contributed by atoms with van der Waals surface area (Å²) >= 11 is 0. The molecule has 0 heterocycles. The van der Waals surface area contributed by atoms with Gasteiger partial charge in [0.25, 0.3) is 11.8 Å². The minimum atomic E-state index is -0.400. The molecule has 0 bridgehead atoms. The third-order valence-corrected chi connectivity index (χ3v) is 4.34. The van der Waals surface area contributed by atoms with Gasteiger partial charge in [-0.1, -0.05) is 19.1 Å². The fraction of sp³-hybridized carbons (Fsp3) is 0.333. The molecule has 0 aliphatic rings. The van der Waals surface area contributed by atoms with Gasteiger partial charge in [0.1, 0.15) is 0 Å². The fourth-order valence-corrected chi connectivity index (χ4v) is 2.60. The van der Waals surface area contributed by atoms with Crippen LogP contribution in [0.1, 0.15) is 41.0 Å². The number of hydrogen-bond donors (Lipinski definition) is 2. The number of ether oxygens (including phenoxy) is 3. The number of rotatable bonds is 8. The Balaban J connectivity index is 2.32. The van der Waals surface area contributed by atoms with Gasteiger partial charge in [0.05, 0.1) is 32.6 Å². The molecule has 0 aliphatic heterocycles. The van der Waals surface area contributed by atoms with Crippen LogP contribution in [-0.4, -0.2) is 39.2 Å². The molecule has 0 saturated carbocycles. The van der Waals surface area contributed by atoms with Crippen molar-refractivity contribution in [3.8, 4) is 17.2 Å². The zero-order valence-corrected chi connectivity index (χ0v) is 16.8. The van der Waals surface area contributed by atoms with E-state index in [1.807, 2.05) is 13.8 Å². The van der Waals surface area contributed by atoms with E-state index in [0.717, 1.165) is 6.42 Å². The molecule has 0 fully saturated rings. The van der Waals surface area contributed by atoms with Crippen LogP contribution in [0.2, 0.25) is 0 Å². The zero-order valence-electron chi connectivity index (χ0n) is 16.8. The fourth-order valence-electron chi connectivity index (χ4n) is 2.60. The predicted octanol–water partition coefficient (Wildman–Crippen LogP) is 3.49. The molecule has 2 aromatic carbocycles. The van der Waals surface area contributed by atoms with E-state index in [1.54, 1.807) is 36.4 Å². The molecule has 28 heavy (non-hydrogen) atoms. The van der Waals surface area contributed by atoms with Gasteiger partial charge in [0, 0.05) is 11.6 Å². The molecule has 1 atom stereocenters. The second-order valence-electron chi connectivity index (χ2n) is 6.20. The molecule has 0 saturated heterocycles. The summed E-state index contributed by atoms with van der Waals surface area (Å²) in [5, 5.41) is 5.69. The Morgan fingerprint density at radius 2 is 1.57 bits per heavy atom. The standard InChI is InChI=1S/C21H26N2O5/c1-6-13(2)22-21(25)15-9-7-8-10-16(15)23-20(24)14-11-17(26-3)19(28-5)18(12-14)27-4/h7-13H,6H2,1-5H3,(H,22,25)(H,23,24). The average molecular weight is 386 g/mol. The van der Waals surface area contributed by atoms with E-state index in [9.17, 15) is 9.59 Å². The molecule has 7 heteroatoms. The number of hydrogen-bond acceptors (Lipinski definition) is 5. The van der Waals surface area contributed by atoms with Gasteiger partial charge in [0.15, 0.2) is 11.5 Å². The van der Waals surface area contributed by atoms with Crippen molar-refractivity contribution in [2.75, 3.05) is 26.6 Å². The molecule has 150 valence electrons. The van der Waals surface area contributed by atoms with E-state index in [2.05, 4.69) is 10.6 Å². The third kappa shape index (κ3) is 4.73. The molecule has 7 nitrogen and oxygen atoms in total. The highest BCUT2D eigenvalue weighted by Crippen LogP contribution is 2.38. The van der Waals surface area contributed by atoms with Crippen molar-refractivity contribution in [1.82, 2.24) is 5.32 Å². The summed E-state index contributed by atoms with van der Waals surface area (Å²) in [6.45, 7) is 3.91. The minimum absolute atomic E-state index is 0.0337. The molecule has 2 N–H and O–H groups in total. The van der Waals surface area contributed by atoms with Gasteiger partial charge in [0.2, 0.25) is 5.75 Å². The third-order valence-electron chi connectivity index (χ3n) is 4.34. The minimum Gasteiger partial charge on any atom is -0.493 e. The van der Waals surface area contributed by atoms with Crippen molar-refractivity contribution < 1.29 is 23.8 Å². The first-order chi connectivity index (χ1) is 13.4. The Bertz CT molecular complexity index is 825. The molecule has 2 rings (SSSR count). The van der Waals surface area contributed by atoms with Crippen molar-refractivity contribution in [1.29, 1.82) is 0 Å². The highest BCUT2D eigenvalue weighted by atomic mass is 16.5. The SMILES string of the molecule is CCC(C)NC(=O)c1ccccc1NC(=O)c1cc(OC)c(OC)c(OC)c1. The number of amides is 2. The number of carbonyl (C=O) groups excluding carboxylic acids is 2. The van der Waals surface area contributed by atoms with Gasteiger partial charge in [-0.15, -0.1) is 0 Å². The van der Waals surface area contributed by atoms with Crippen LogP contribution in [-0.2, 0) is 0 Å². The maximum atomic E-state index is 12.8. The van der Waals surface area contributed by atoms with Crippen LogP contribution in [0.5, 0.6) is 17.2 Å². The number of para-hydroxylation sites is 1. The molecule has 2 amide bonds. The number of nitrogens with one attached hydrogen (secondary N) is 2. The summed E-state index contributed by atoms with van der Waals surface area (Å²) in [5.74, 6) is 0.498. The number of benzene rings is 2. The van der Waals surface area contributed by atoms with Crippen LogP contribution in [0.15, 0.2) is 36.4 Å². The van der Waals surface area contributed by atoms with Crippen molar-refractivity contribution in [2.24, 2.45) is 0 Å². The first kappa shape index (κ1) is 21.1. The lowest BCUT2D eigenvalue weighted by molar-refractivity contribution is 0.0940. The topological polar surface area (TPSA) is 85.9 Å². The van der Waals surface area contributed by atoms with Crippen LogP contribution >= 0.6 is 0 Å². The normalized spacial score (nSPS) is 11.3. The summed E-state index contributed by atoms with van der Waals surface area (Å²) in [4.78, 5) is 25.3. The van der Waals surface area contributed by atoms with Crippen LogP contribution < -0.4 is 24.8 Å². The lowest BCUT2D eigenvalue weighted by Crippen LogP contribution is -2.32. The van der Waals surface area contributed by atoms with Gasteiger partial charge in [-0.05, 0) is 37.6 Å². The van der Waals surface area contributed by atoms with Gasteiger partial charge in [-0.2, -0.15) is 0 Å². The average Bonchev–Trinajstić information content (AvgIpc) is 2.72. The van der Waals surface area contributed by atoms with Crippen LogP contribution in [0, 0.1) is 0 Å². The largest absolute Gasteiger partial charge is 0.493 e. The van der Waals surface area contributed by atoms with E-state index in [-0.39, 0.29) is 11.9 Å². The molecule has 0 radical (unpaired) electrons. The van der Waals surface area contributed by atoms with Crippen molar-refractivity contribution in [3.05, 3.63) is 47.5 Å². The molecule has 2 aromatic rings. The maximum Gasteiger partial charge on any atom is 0.255 e. The number of methoxy groups -OCH3 is 3. The summed E-state index contributed by atoms with van der Waals surface area (Å²) in [6, 6.07) is 10.00. The Morgan fingerprint density at radius 3 is 2.11 bits per heavy atom. The second-order valence-corrected chi connectivity index (χ2v) is 6.20. The van der Waals surface area contributed by atoms with E-state index < -0.39 is 5.91 Å². The zero-order chi connectivity index (χ0) is 20.7. The van der Waals surface area contributed by atoms with Gasteiger partial charge < -0.3 is 24.8 Å². The maximum absolute atomic E-state index is 12.8. The summed E-state index contributed by atoms with van der Waals surface area (Å²) in [7, 11) is 4.45. The summed E-state index contributed by atoms with van der Waals surface area (Å²) in [5.41, 5.74) is 1.12. The Kier molecular flexibility index (Phi) is 7.26. The van der Waals surface area contributed by atoms with Crippen molar-refractivity contribution in [3.63, 3.8) is 0 Å². The lowest BCUT2D eigenvalue weighted by Gasteiger charge is -2.16. The monoisotopic (exact) mass is 386 g/mol. The van der Waals surface area contributed by atoms with E-state index >= 15 is 0 Å². The van der Waals surface area contributed by atoms with Gasteiger partial charge >= 0.3 is 0 Å². The summed E-state index contributed by atoms with van der Waals surface area (Å²) < 4.78 is 15.9. The Hall–Kier alpha value is -3.22. The van der Waals surface area contributed by atoms with E-state index in [0.29, 0.717) is 34.1 Å². The molecular formula is C21H26N2O5. The predicted molar refractivity (Wildman–Crippen MR) is 108 cm³/mol.